The summed E-state index contributed by atoms with van der Waals surface area (Å²) in [6.45, 7) is 3.06. The highest BCUT2D eigenvalue weighted by Crippen LogP contribution is 2.31. The summed E-state index contributed by atoms with van der Waals surface area (Å²) < 4.78 is 1.86. The molecule has 1 aromatic heterocycles. The molecule has 1 amide bonds. The van der Waals surface area contributed by atoms with Gasteiger partial charge < -0.3 is 15.1 Å². The second-order valence-electron chi connectivity index (χ2n) is 8.11. The van der Waals surface area contributed by atoms with E-state index in [-0.39, 0.29) is 28.5 Å². The van der Waals surface area contributed by atoms with E-state index in [0.29, 0.717) is 31.6 Å². The smallest absolute Gasteiger partial charge is 0.292 e. The lowest BCUT2D eigenvalue weighted by Crippen LogP contribution is -2.51. The minimum absolute atomic E-state index is 0.0453. The zero-order chi connectivity index (χ0) is 21.1. The Kier molecular flexibility index (Phi) is 5.87. The Balaban J connectivity index is 1.32. The number of carbonyl (C=O) groups excluding carboxylic acids is 1. The van der Waals surface area contributed by atoms with Gasteiger partial charge in [0, 0.05) is 57.3 Å². The van der Waals surface area contributed by atoms with Crippen LogP contribution < -0.4 is 15.1 Å². The first-order valence-electron chi connectivity index (χ1n) is 10.5. The molecule has 9 heteroatoms. The van der Waals surface area contributed by atoms with Crippen molar-refractivity contribution >= 4 is 23.1 Å². The number of piperidine rings is 2. The van der Waals surface area contributed by atoms with Crippen LogP contribution in [0, 0.1) is 16.0 Å². The predicted molar refractivity (Wildman–Crippen MR) is 115 cm³/mol. The van der Waals surface area contributed by atoms with Crippen LogP contribution in [0.1, 0.15) is 25.7 Å². The first-order valence-corrected chi connectivity index (χ1v) is 10.5. The molecule has 4 rings (SSSR count). The van der Waals surface area contributed by atoms with Crippen molar-refractivity contribution in [2.75, 3.05) is 36.0 Å². The van der Waals surface area contributed by atoms with Gasteiger partial charge >= 0.3 is 0 Å². The topological polar surface area (TPSA) is 96.5 Å². The number of para-hydroxylation sites is 2. The van der Waals surface area contributed by atoms with E-state index in [9.17, 15) is 14.9 Å². The normalized spacial score (nSPS) is 20.2. The van der Waals surface area contributed by atoms with Gasteiger partial charge in [-0.25, -0.2) is 0 Å². The molecule has 2 aliphatic rings. The highest BCUT2D eigenvalue weighted by molar-refractivity contribution is 5.79. The van der Waals surface area contributed by atoms with Crippen LogP contribution in [-0.4, -0.2) is 52.8 Å². The van der Waals surface area contributed by atoms with Crippen LogP contribution in [-0.2, 0) is 11.8 Å². The molecule has 160 valence electrons. The standard InChI is InChI=1S/C21H28N6O3/c1-24-20(8-11-22-24)26-12-4-5-17(15-26)23-21(28)16-9-13-25(14-10-16)18-6-2-3-7-19(18)27(29)30/h2-3,6-8,11,16-17H,4-5,9-10,12-15H2,1H3,(H,23,28). The predicted octanol–water partition coefficient (Wildman–Crippen LogP) is 2.33. The summed E-state index contributed by atoms with van der Waals surface area (Å²) in [5, 5.41) is 18.8. The molecule has 2 aliphatic heterocycles. The van der Waals surface area contributed by atoms with Crippen LogP contribution in [0.15, 0.2) is 36.5 Å². The van der Waals surface area contributed by atoms with E-state index in [0.717, 1.165) is 31.7 Å². The van der Waals surface area contributed by atoms with Crippen molar-refractivity contribution in [1.29, 1.82) is 0 Å². The van der Waals surface area contributed by atoms with Gasteiger partial charge in [0.1, 0.15) is 11.5 Å². The van der Waals surface area contributed by atoms with Gasteiger partial charge in [-0.1, -0.05) is 12.1 Å². The molecule has 1 aromatic carbocycles. The van der Waals surface area contributed by atoms with Crippen LogP contribution in [0.25, 0.3) is 0 Å². The lowest BCUT2D eigenvalue weighted by atomic mass is 9.94. The Morgan fingerprint density at radius 3 is 2.60 bits per heavy atom. The van der Waals surface area contributed by atoms with Crippen LogP contribution in [0.2, 0.25) is 0 Å². The quantitative estimate of drug-likeness (QED) is 0.598. The maximum absolute atomic E-state index is 12.9. The summed E-state index contributed by atoms with van der Waals surface area (Å²) in [6, 6.07) is 8.95. The summed E-state index contributed by atoms with van der Waals surface area (Å²) in [5.41, 5.74) is 0.762. The molecular formula is C21H28N6O3. The van der Waals surface area contributed by atoms with Crippen molar-refractivity contribution in [1.82, 2.24) is 15.1 Å². The van der Waals surface area contributed by atoms with Crippen LogP contribution in [0.4, 0.5) is 17.2 Å². The number of nitro benzene ring substituents is 1. The number of aromatic nitrogens is 2. The number of hydrogen-bond donors (Lipinski definition) is 1. The third kappa shape index (κ3) is 4.24. The third-order valence-electron chi connectivity index (χ3n) is 6.17. The molecule has 0 bridgehead atoms. The van der Waals surface area contributed by atoms with Gasteiger partial charge in [0.25, 0.3) is 5.69 Å². The number of nitrogens with zero attached hydrogens (tertiary/aromatic N) is 5. The van der Waals surface area contributed by atoms with E-state index < -0.39 is 0 Å². The largest absolute Gasteiger partial charge is 0.366 e. The monoisotopic (exact) mass is 412 g/mol. The molecule has 1 N–H and O–H groups in total. The van der Waals surface area contributed by atoms with Crippen LogP contribution >= 0.6 is 0 Å². The fourth-order valence-corrected chi connectivity index (χ4v) is 4.57. The maximum Gasteiger partial charge on any atom is 0.292 e. The number of rotatable bonds is 5. The first kappa shape index (κ1) is 20.2. The molecular weight excluding hydrogens is 384 g/mol. The van der Waals surface area contributed by atoms with Crippen LogP contribution in [0.3, 0.4) is 0 Å². The summed E-state index contributed by atoms with van der Waals surface area (Å²) in [5.74, 6) is 1.14. The Morgan fingerprint density at radius 1 is 1.13 bits per heavy atom. The van der Waals surface area contributed by atoms with Crippen LogP contribution in [0.5, 0.6) is 0 Å². The number of benzene rings is 1. The van der Waals surface area contributed by atoms with Gasteiger partial charge in [-0.15, -0.1) is 0 Å². The fraction of sp³-hybridized carbons (Fsp3) is 0.524. The maximum atomic E-state index is 12.9. The average Bonchev–Trinajstić information content (AvgIpc) is 3.20. The van der Waals surface area contributed by atoms with E-state index in [4.69, 9.17) is 0 Å². The van der Waals surface area contributed by atoms with Gasteiger partial charge in [-0.2, -0.15) is 5.10 Å². The minimum atomic E-state index is -0.342. The Hall–Kier alpha value is -3.10. The van der Waals surface area contributed by atoms with Gasteiger partial charge in [-0.3, -0.25) is 19.6 Å². The molecule has 2 aromatic rings. The van der Waals surface area contributed by atoms with Crippen molar-refractivity contribution in [2.24, 2.45) is 13.0 Å². The van der Waals surface area contributed by atoms with E-state index in [1.807, 2.05) is 28.8 Å². The lowest BCUT2D eigenvalue weighted by Gasteiger charge is -2.36. The number of aryl methyl sites for hydroxylation is 1. The number of nitro groups is 1. The number of anilines is 2. The SMILES string of the molecule is Cn1nccc1N1CCCC(NC(=O)C2CCN(c3ccccc3[N+](=O)[O-])CC2)C1. The Bertz CT molecular complexity index is 906. The average molecular weight is 412 g/mol. The van der Waals surface area contributed by atoms with Crippen molar-refractivity contribution < 1.29 is 9.72 Å². The Morgan fingerprint density at radius 2 is 1.90 bits per heavy atom. The van der Waals surface area contributed by atoms with Crippen molar-refractivity contribution in [3.63, 3.8) is 0 Å². The molecule has 2 saturated heterocycles. The highest BCUT2D eigenvalue weighted by Gasteiger charge is 2.30. The lowest BCUT2D eigenvalue weighted by molar-refractivity contribution is -0.384. The molecule has 2 fully saturated rings. The molecule has 3 heterocycles. The molecule has 0 saturated carbocycles. The molecule has 1 atom stereocenters. The summed E-state index contributed by atoms with van der Waals surface area (Å²) in [7, 11) is 1.93. The summed E-state index contributed by atoms with van der Waals surface area (Å²) in [6.07, 6.45) is 5.22. The van der Waals surface area contributed by atoms with Crippen molar-refractivity contribution in [3.05, 3.63) is 46.6 Å². The molecule has 1 unspecified atom stereocenters. The van der Waals surface area contributed by atoms with E-state index in [1.54, 1.807) is 18.3 Å². The van der Waals surface area contributed by atoms with Gasteiger partial charge in [0.2, 0.25) is 5.91 Å². The van der Waals surface area contributed by atoms with E-state index >= 15 is 0 Å². The molecule has 0 radical (unpaired) electrons. The second kappa shape index (κ2) is 8.73. The zero-order valence-electron chi connectivity index (χ0n) is 17.2. The number of carbonyl (C=O) groups is 1. The number of amides is 1. The molecule has 9 nitrogen and oxygen atoms in total. The zero-order valence-corrected chi connectivity index (χ0v) is 17.2. The summed E-state index contributed by atoms with van der Waals surface area (Å²) >= 11 is 0. The number of nitrogens with one attached hydrogen (secondary N) is 1. The van der Waals surface area contributed by atoms with E-state index in [1.165, 1.54) is 6.07 Å². The second-order valence-corrected chi connectivity index (χ2v) is 8.11. The van der Waals surface area contributed by atoms with Crippen molar-refractivity contribution in [2.45, 2.75) is 31.7 Å². The van der Waals surface area contributed by atoms with Gasteiger partial charge in [0.05, 0.1) is 11.1 Å². The first-order chi connectivity index (χ1) is 14.5. The fourth-order valence-electron chi connectivity index (χ4n) is 4.57. The molecule has 0 spiro atoms. The summed E-state index contributed by atoms with van der Waals surface area (Å²) in [4.78, 5) is 28.1. The Labute approximate surface area is 175 Å². The highest BCUT2D eigenvalue weighted by atomic mass is 16.6. The third-order valence-corrected chi connectivity index (χ3v) is 6.17. The molecule has 30 heavy (non-hydrogen) atoms. The molecule has 0 aliphatic carbocycles. The van der Waals surface area contributed by atoms with Crippen molar-refractivity contribution in [3.8, 4) is 0 Å². The van der Waals surface area contributed by atoms with Gasteiger partial charge in [0.15, 0.2) is 0 Å². The van der Waals surface area contributed by atoms with E-state index in [2.05, 4.69) is 15.3 Å². The van der Waals surface area contributed by atoms with Gasteiger partial charge in [-0.05, 0) is 31.7 Å². The minimum Gasteiger partial charge on any atom is -0.366 e. The number of hydrogen-bond acceptors (Lipinski definition) is 6.